The average Bonchev–Trinajstić information content (AvgIpc) is 2.38. The number of carbonyl (C=O) groups excluding carboxylic acids is 2. The van der Waals surface area contributed by atoms with Gasteiger partial charge in [-0.05, 0) is 19.8 Å². The number of carbonyl (C=O) groups is 2. The Bertz CT molecular complexity index is 357. The van der Waals surface area contributed by atoms with Gasteiger partial charge in [-0.15, -0.1) is 0 Å². The van der Waals surface area contributed by atoms with Crippen LogP contribution in [0.1, 0.15) is 46.0 Å². The maximum Gasteiger partial charge on any atom is 0.348 e. The molecule has 0 aromatic carbocycles. The van der Waals surface area contributed by atoms with Crippen molar-refractivity contribution in [3.63, 3.8) is 0 Å². The van der Waals surface area contributed by atoms with Crippen LogP contribution in [-0.2, 0) is 19.1 Å². The Morgan fingerprint density at radius 2 is 2.00 bits per heavy atom. The van der Waals surface area contributed by atoms with E-state index in [1.54, 1.807) is 13.0 Å². The zero-order valence-electron chi connectivity index (χ0n) is 11.6. The summed E-state index contributed by atoms with van der Waals surface area (Å²) in [6, 6.07) is 1.63. The van der Waals surface area contributed by atoms with Gasteiger partial charge in [0.2, 0.25) is 0 Å². The summed E-state index contributed by atoms with van der Waals surface area (Å²) in [5.74, 6) is -1.17. The molecule has 0 aliphatic carbocycles. The number of unbranched alkanes of at least 4 members (excludes halogenated alkanes) is 2. The molecule has 0 amide bonds. The minimum atomic E-state index is -0.770. The molecule has 1 atom stereocenters. The zero-order valence-corrected chi connectivity index (χ0v) is 11.6. The molecule has 0 aliphatic heterocycles. The summed E-state index contributed by atoms with van der Waals surface area (Å²) in [5.41, 5.74) is -0.260. The van der Waals surface area contributed by atoms with Gasteiger partial charge < -0.3 is 9.47 Å². The number of nitrogens with zero attached hydrogens (tertiary/aromatic N) is 1. The lowest BCUT2D eigenvalue weighted by Crippen LogP contribution is -2.23. The SMILES string of the molecule is C=C(C#N)C(=O)OC(CCCCC)CC(=O)OCC. The largest absolute Gasteiger partial charge is 0.466 e. The van der Waals surface area contributed by atoms with E-state index in [-0.39, 0.29) is 12.0 Å². The number of nitriles is 1. The Hall–Kier alpha value is -1.83. The minimum absolute atomic E-state index is 0.0159. The molecular formula is C14H21NO4. The molecule has 0 rings (SSSR count). The third-order valence-corrected chi connectivity index (χ3v) is 2.48. The van der Waals surface area contributed by atoms with Crippen LogP contribution in [0.4, 0.5) is 0 Å². The maximum absolute atomic E-state index is 11.5. The van der Waals surface area contributed by atoms with Crippen LogP contribution in [0.15, 0.2) is 12.2 Å². The first kappa shape index (κ1) is 17.2. The molecule has 0 saturated carbocycles. The molecule has 0 saturated heterocycles. The van der Waals surface area contributed by atoms with Gasteiger partial charge in [-0.25, -0.2) is 4.79 Å². The topological polar surface area (TPSA) is 76.4 Å². The van der Waals surface area contributed by atoms with Gasteiger partial charge >= 0.3 is 11.9 Å². The highest BCUT2D eigenvalue weighted by Crippen LogP contribution is 2.13. The van der Waals surface area contributed by atoms with E-state index in [0.29, 0.717) is 13.0 Å². The predicted octanol–water partition coefficient (Wildman–Crippen LogP) is 2.51. The second-order valence-electron chi connectivity index (χ2n) is 4.12. The summed E-state index contributed by atoms with van der Waals surface area (Å²) in [5, 5.41) is 8.56. The van der Waals surface area contributed by atoms with Crippen LogP contribution in [0, 0.1) is 11.3 Å². The fourth-order valence-corrected chi connectivity index (χ4v) is 1.50. The molecule has 0 heterocycles. The highest BCUT2D eigenvalue weighted by molar-refractivity contribution is 5.92. The smallest absolute Gasteiger partial charge is 0.348 e. The Morgan fingerprint density at radius 1 is 1.32 bits per heavy atom. The molecule has 106 valence electrons. The van der Waals surface area contributed by atoms with Gasteiger partial charge in [0.25, 0.3) is 0 Å². The molecule has 19 heavy (non-hydrogen) atoms. The number of ether oxygens (including phenoxy) is 2. The summed E-state index contributed by atoms with van der Waals surface area (Å²) in [6.07, 6.45) is 2.93. The molecule has 0 fully saturated rings. The molecular weight excluding hydrogens is 246 g/mol. The van der Waals surface area contributed by atoms with E-state index in [9.17, 15) is 9.59 Å². The molecule has 0 N–H and O–H groups in total. The van der Waals surface area contributed by atoms with E-state index in [1.165, 1.54) is 0 Å². The lowest BCUT2D eigenvalue weighted by molar-refractivity contribution is -0.152. The van der Waals surface area contributed by atoms with Gasteiger partial charge in [-0.2, -0.15) is 5.26 Å². The molecule has 0 aromatic heterocycles. The van der Waals surface area contributed by atoms with Crippen LogP contribution in [0.5, 0.6) is 0 Å². The standard InChI is InChI=1S/C14H21NO4/c1-4-6-7-8-12(9-13(16)18-5-2)19-14(17)11(3)10-15/h12H,3-9H2,1-2H3. The first-order valence-electron chi connectivity index (χ1n) is 6.50. The fourth-order valence-electron chi connectivity index (χ4n) is 1.50. The maximum atomic E-state index is 11.5. The summed E-state index contributed by atoms with van der Waals surface area (Å²) in [4.78, 5) is 22.9. The highest BCUT2D eigenvalue weighted by atomic mass is 16.6. The minimum Gasteiger partial charge on any atom is -0.466 e. The van der Waals surface area contributed by atoms with Crippen LogP contribution in [0.2, 0.25) is 0 Å². The van der Waals surface area contributed by atoms with Crippen molar-refractivity contribution >= 4 is 11.9 Å². The quantitative estimate of drug-likeness (QED) is 0.277. The van der Waals surface area contributed by atoms with Crippen LogP contribution in [0.3, 0.4) is 0 Å². The van der Waals surface area contributed by atoms with Gasteiger partial charge in [0, 0.05) is 0 Å². The summed E-state index contributed by atoms with van der Waals surface area (Å²) in [7, 11) is 0. The second kappa shape index (κ2) is 10.1. The van der Waals surface area contributed by atoms with Gasteiger partial charge in [0.15, 0.2) is 0 Å². The highest BCUT2D eigenvalue weighted by Gasteiger charge is 2.20. The molecule has 0 aromatic rings. The Kier molecular flexibility index (Phi) is 9.15. The number of hydrogen-bond donors (Lipinski definition) is 0. The third kappa shape index (κ3) is 7.98. The van der Waals surface area contributed by atoms with Crippen molar-refractivity contribution in [1.29, 1.82) is 5.26 Å². The van der Waals surface area contributed by atoms with Crippen molar-refractivity contribution in [2.24, 2.45) is 0 Å². The van der Waals surface area contributed by atoms with Gasteiger partial charge in [-0.3, -0.25) is 4.79 Å². The van der Waals surface area contributed by atoms with Gasteiger partial charge in [-0.1, -0.05) is 26.3 Å². The van der Waals surface area contributed by atoms with E-state index in [0.717, 1.165) is 19.3 Å². The number of rotatable bonds is 9. The van der Waals surface area contributed by atoms with Crippen LogP contribution >= 0.6 is 0 Å². The normalized spacial score (nSPS) is 11.2. The summed E-state index contributed by atoms with van der Waals surface area (Å²) >= 11 is 0. The Labute approximate surface area is 114 Å². The summed E-state index contributed by atoms with van der Waals surface area (Å²) < 4.78 is 9.93. The van der Waals surface area contributed by atoms with Crippen molar-refractivity contribution in [3.05, 3.63) is 12.2 Å². The van der Waals surface area contributed by atoms with Crippen LogP contribution in [-0.4, -0.2) is 24.6 Å². The van der Waals surface area contributed by atoms with Crippen molar-refractivity contribution < 1.29 is 19.1 Å². The lowest BCUT2D eigenvalue weighted by atomic mass is 10.1. The van der Waals surface area contributed by atoms with E-state index in [1.807, 2.05) is 0 Å². The molecule has 0 radical (unpaired) electrons. The summed E-state index contributed by atoms with van der Waals surface area (Å²) in [6.45, 7) is 7.35. The van der Waals surface area contributed by atoms with Crippen molar-refractivity contribution in [1.82, 2.24) is 0 Å². The molecule has 5 heteroatoms. The van der Waals surface area contributed by atoms with Gasteiger partial charge in [0.05, 0.1) is 13.0 Å². The molecule has 5 nitrogen and oxygen atoms in total. The number of hydrogen-bond acceptors (Lipinski definition) is 5. The van der Waals surface area contributed by atoms with Crippen molar-refractivity contribution in [3.8, 4) is 6.07 Å². The third-order valence-electron chi connectivity index (χ3n) is 2.48. The Morgan fingerprint density at radius 3 is 2.53 bits per heavy atom. The predicted molar refractivity (Wildman–Crippen MR) is 70.0 cm³/mol. The van der Waals surface area contributed by atoms with Gasteiger partial charge in [0.1, 0.15) is 17.7 Å². The van der Waals surface area contributed by atoms with Crippen molar-refractivity contribution in [2.75, 3.05) is 6.61 Å². The second-order valence-corrected chi connectivity index (χ2v) is 4.12. The first-order chi connectivity index (χ1) is 9.04. The van der Waals surface area contributed by atoms with E-state index in [4.69, 9.17) is 14.7 Å². The van der Waals surface area contributed by atoms with Crippen molar-refractivity contribution in [2.45, 2.75) is 52.1 Å². The van der Waals surface area contributed by atoms with Crippen LogP contribution in [0.25, 0.3) is 0 Å². The van der Waals surface area contributed by atoms with E-state index >= 15 is 0 Å². The average molecular weight is 267 g/mol. The van der Waals surface area contributed by atoms with Crippen LogP contribution < -0.4 is 0 Å². The number of esters is 2. The molecule has 1 unspecified atom stereocenters. The Balaban J connectivity index is 4.40. The first-order valence-corrected chi connectivity index (χ1v) is 6.50. The molecule has 0 spiro atoms. The lowest BCUT2D eigenvalue weighted by Gasteiger charge is -2.16. The molecule has 0 bridgehead atoms. The van der Waals surface area contributed by atoms with E-state index in [2.05, 4.69) is 13.5 Å². The molecule has 0 aliphatic rings. The fraction of sp³-hybridized carbons (Fsp3) is 0.643. The van der Waals surface area contributed by atoms with E-state index < -0.39 is 18.0 Å². The zero-order chi connectivity index (χ0) is 14.7. The monoisotopic (exact) mass is 267 g/mol.